The third kappa shape index (κ3) is 4.73. The molecule has 0 aromatic heterocycles. The molecule has 2 N–H and O–H groups in total. The van der Waals surface area contributed by atoms with Gasteiger partial charge >= 0.3 is 0 Å². The van der Waals surface area contributed by atoms with Gasteiger partial charge < -0.3 is 15.0 Å². The summed E-state index contributed by atoms with van der Waals surface area (Å²) in [5, 5.41) is 3.61. The molecule has 0 saturated heterocycles. The van der Waals surface area contributed by atoms with E-state index in [0.29, 0.717) is 17.6 Å². The number of methoxy groups -OCH3 is 1. The first-order valence-electron chi connectivity index (χ1n) is 8.17. The van der Waals surface area contributed by atoms with Crippen LogP contribution >= 0.6 is 11.6 Å². The Morgan fingerprint density at radius 2 is 1.83 bits per heavy atom. The fourth-order valence-electron chi connectivity index (χ4n) is 2.79. The van der Waals surface area contributed by atoms with Crippen LogP contribution in [0, 0.1) is 0 Å². The molecule has 0 spiro atoms. The third-order valence-corrected chi connectivity index (χ3v) is 4.51. The predicted octanol–water partition coefficient (Wildman–Crippen LogP) is 2.53. The van der Waals surface area contributed by atoms with Gasteiger partial charge in [0.05, 0.1) is 13.2 Å². The molecule has 2 aromatic carbocycles. The highest BCUT2D eigenvalue weighted by Crippen LogP contribution is 2.17. The maximum atomic E-state index is 12.3. The molecule has 4 nitrogen and oxygen atoms in total. The minimum absolute atomic E-state index is 0.0349. The quantitative estimate of drug-likeness (QED) is 0.810. The second-order valence-corrected chi connectivity index (χ2v) is 6.63. The van der Waals surface area contributed by atoms with E-state index >= 15 is 0 Å². The number of carbonyl (C=O) groups excluding carboxylic acids is 1. The van der Waals surface area contributed by atoms with Gasteiger partial charge in [-0.2, -0.15) is 0 Å². The summed E-state index contributed by atoms with van der Waals surface area (Å²) in [5.74, 6) is 0.889. The summed E-state index contributed by atoms with van der Waals surface area (Å²) in [6, 6.07) is 15.8. The highest BCUT2D eigenvalue weighted by Gasteiger charge is 2.34. The normalized spacial score (nSPS) is 14.9. The zero-order valence-corrected chi connectivity index (χ0v) is 14.5. The summed E-state index contributed by atoms with van der Waals surface area (Å²) >= 11 is 5.87. The van der Waals surface area contributed by atoms with Gasteiger partial charge in [0.15, 0.2) is 6.54 Å². The van der Waals surface area contributed by atoms with E-state index in [1.54, 1.807) is 19.2 Å². The molecule has 1 fully saturated rings. The second kappa shape index (κ2) is 7.69. The predicted molar refractivity (Wildman–Crippen MR) is 95.6 cm³/mol. The van der Waals surface area contributed by atoms with Crippen molar-refractivity contribution in [3.05, 3.63) is 59.1 Å². The van der Waals surface area contributed by atoms with Gasteiger partial charge in [0, 0.05) is 29.1 Å². The van der Waals surface area contributed by atoms with Gasteiger partial charge in [0.25, 0.3) is 5.91 Å². The minimum atomic E-state index is 0.0349. The molecule has 1 amide bonds. The van der Waals surface area contributed by atoms with E-state index in [0.717, 1.165) is 18.0 Å². The summed E-state index contributed by atoms with van der Waals surface area (Å²) in [6.07, 6.45) is 2.39. The maximum absolute atomic E-state index is 12.3. The fraction of sp³-hybridized carbons (Fsp3) is 0.316. The number of nitrogens with one attached hydrogen (secondary N) is 2. The average Bonchev–Trinajstić information content (AvgIpc) is 3.42. The van der Waals surface area contributed by atoms with Crippen molar-refractivity contribution >= 4 is 23.2 Å². The summed E-state index contributed by atoms with van der Waals surface area (Å²) in [7, 11) is 1.66. The van der Waals surface area contributed by atoms with Crippen LogP contribution in [-0.2, 0) is 11.3 Å². The van der Waals surface area contributed by atoms with Gasteiger partial charge in [0.1, 0.15) is 12.3 Å². The molecule has 0 radical (unpaired) electrons. The SMILES string of the molecule is COc1ccc(C[NH+](CC(=O)Nc2ccc(Cl)cc2)C2CC2)cc1. The molecular weight excluding hydrogens is 324 g/mol. The van der Waals surface area contributed by atoms with Gasteiger partial charge in [-0.15, -0.1) is 0 Å². The largest absolute Gasteiger partial charge is 0.497 e. The number of carbonyl (C=O) groups is 1. The van der Waals surface area contributed by atoms with Gasteiger partial charge in [-0.05, 0) is 48.5 Å². The van der Waals surface area contributed by atoms with Crippen molar-refractivity contribution in [1.82, 2.24) is 0 Å². The molecule has 126 valence electrons. The Labute approximate surface area is 147 Å². The molecule has 0 aliphatic heterocycles. The van der Waals surface area contributed by atoms with Gasteiger partial charge in [-0.3, -0.25) is 4.79 Å². The lowest BCUT2D eigenvalue weighted by molar-refractivity contribution is -0.916. The van der Waals surface area contributed by atoms with E-state index in [-0.39, 0.29) is 5.91 Å². The lowest BCUT2D eigenvalue weighted by Gasteiger charge is -2.19. The summed E-state index contributed by atoms with van der Waals surface area (Å²) in [4.78, 5) is 13.7. The molecule has 3 rings (SSSR count). The summed E-state index contributed by atoms with van der Waals surface area (Å²) in [6.45, 7) is 1.32. The maximum Gasteiger partial charge on any atom is 0.279 e. The van der Waals surface area contributed by atoms with Crippen molar-refractivity contribution in [3.63, 3.8) is 0 Å². The third-order valence-electron chi connectivity index (χ3n) is 4.26. The lowest BCUT2D eigenvalue weighted by atomic mass is 10.2. The van der Waals surface area contributed by atoms with E-state index in [1.165, 1.54) is 23.3 Å². The first kappa shape index (κ1) is 16.8. The van der Waals surface area contributed by atoms with Crippen LogP contribution in [0.15, 0.2) is 48.5 Å². The number of hydrogen-bond acceptors (Lipinski definition) is 2. The first-order valence-corrected chi connectivity index (χ1v) is 8.55. The highest BCUT2D eigenvalue weighted by atomic mass is 35.5. The molecule has 1 saturated carbocycles. The van der Waals surface area contributed by atoms with Crippen LogP contribution < -0.4 is 15.0 Å². The zero-order valence-electron chi connectivity index (χ0n) is 13.7. The number of benzene rings is 2. The smallest absolute Gasteiger partial charge is 0.279 e. The Morgan fingerprint density at radius 3 is 2.42 bits per heavy atom. The number of halogens is 1. The molecule has 1 atom stereocenters. The highest BCUT2D eigenvalue weighted by molar-refractivity contribution is 6.30. The second-order valence-electron chi connectivity index (χ2n) is 6.19. The molecule has 1 unspecified atom stereocenters. The molecule has 1 aliphatic carbocycles. The first-order chi connectivity index (χ1) is 11.6. The number of quaternary nitrogens is 1. The molecule has 2 aromatic rings. The molecule has 0 heterocycles. The van der Waals surface area contributed by atoms with E-state index in [9.17, 15) is 4.79 Å². The van der Waals surface area contributed by atoms with Gasteiger partial charge in [-0.1, -0.05) is 11.6 Å². The summed E-state index contributed by atoms with van der Waals surface area (Å²) in [5.41, 5.74) is 2.00. The lowest BCUT2D eigenvalue weighted by Crippen LogP contribution is -3.13. The van der Waals surface area contributed by atoms with Crippen molar-refractivity contribution in [2.75, 3.05) is 19.0 Å². The molecule has 0 bridgehead atoms. The van der Waals surface area contributed by atoms with Crippen LogP contribution in [0.4, 0.5) is 5.69 Å². The van der Waals surface area contributed by atoms with E-state index in [4.69, 9.17) is 16.3 Å². The average molecular weight is 346 g/mol. The number of anilines is 1. The zero-order chi connectivity index (χ0) is 16.9. The van der Waals surface area contributed by atoms with Crippen LogP contribution in [0.5, 0.6) is 5.75 Å². The van der Waals surface area contributed by atoms with E-state index in [1.807, 2.05) is 24.3 Å². The molecular formula is C19H22ClN2O2+. The van der Waals surface area contributed by atoms with Crippen LogP contribution in [0.25, 0.3) is 0 Å². The molecule has 24 heavy (non-hydrogen) atoms. The van der Waals surface area contributed by atoms with Crippen LogP contribution in [-0.4, -0.2) is 25.6 Å². The van der Waals surface area contributed by atoms with E-state index < -0.39 is 0 Å². The Morgan fingerprint density at radius 1 is 1.17 bits per heavy atom. The minimum Gasteiger partial charge on any atom is -0.497 e. The Balaban J connectivity index is 1.58. The van der Waals surface area contributed by atoms with Crippen molar-refractivity contribution in [3.8, 4) is 5.75 Å². The number of hydrogen-bond donors (Lipinski definition) is 2. The molecule has 1 aliphatic rings. The number of ether oxygens (including phenoxy) is 1. The Kier molecular flexibility index (Phi) is 5.38. The van der Waals surface area contributed by atoms with Crippen LogP contribution in [0.1, 0.15) is 18.4 Å². The van der Waals surface area contributed by atoms with Crippen LogP contribution in [0.2, 0.25) is 5.02 Å². The Bertz CT molecular complexity index is 682. The summed E-state index contributed by atoms with van der Waals surface area (Å²) < 4.78 is 5.19. The van der Waals surface area contributed by atoms with Crippen LogP contribution in [0.3, 0.4) is 0 Å². The van der Waals surface area contributed by atoms with E-state index in [2.05, 4.69) is 17.4 Å². The Hall–Kier alpha value is -2.04. The number of rotatable bonds is 7. The van der Waals surface area contributed by atoms with Crippen molar-refractivity contribution < 1.29 is 14.4 Å². The topological polar surface area (TPSA) is 42.8 Å². The fourth-order valence-corrected chi connectivity index (χ4v) is 2.92. The van der Waals surface area contributed by atoms with Crippen molar-refractivity contribution in [2.45, 2.75) is 25.4 Å². The van der Waals surface area contributed by atoms with Crippen molar-refractivity contribution in [1.29, 1.82) is 0 Å². The van der Waals surface area contributed by atoms with Crippen molar-refractivity contribution in [2.24, 2.45) is 0 Å². The monoisotopic (exact) mass is 345 g/mol. The standard InChI is InChI=1S/C19H21ClN2O2/c1-24-18-10-2-14(3-11-18)12-22(17-8-9-17)13-19(23)21-16-6-4-15(20)5-7-16/h2-7,10-11,17H,8-9,12-13H2,1H3,(H,21,23)/p+1. The number of amides is 1. The molecule has 5 heteroatoms. The van der Waals surface area contributed by atoms with Gasteiger partial charge in [-0.25, -0.2) is 0 Å². The van der Waals surface area contributed by atoms with Gasteiger partial charge in [0.2, 0.25) is 0 Å².